The van der Waals surface area contributed by atoms with Gasteiger partial charge in [-0.3, -0.25) is 0 Å². The second-order valence-corrected chi connectivity index (χ2v) is 3.28. The van der Waals surface area contributed by atoms with E-state index in [1.807, 2.05) is 18.2 Å². The Bertz CT molecular complexity index is 312. The molecule has 0 fully saturated rings. The van der Waals surface area contributed by atoms with Crippen LogP contribution in [0.4, 0.5) is 5.69 Å². The third kappa shape index (κ3) is 1.47. The Morgan fingerprint density at radius 3 is 3.15 bits per heavy atom. The van der Waals surface area contributed by atoms with Gasteiger partial charge in [-0.05, 0) is 30.2 Å². The van der Waals surface area contributed by atoms with Crippen LogP contribution in [0.2, 0.25) is 0 Å². The van der Waals surface area contributed by atoms with Crippen LogP contribution in [0.25, 0.3) is 0 Å². The zero-order valence-electron chi connectivity index (χ0n) is 7.71. The number of hydrogen-bond donors (Lipinski definition) is 2. The van der Waals surface area contributed by atoms with Gasteiger partial charge in [-0.15, -0.1) is 0 Å². The second kappa shape index (κ2) is 3.26. The van der Waals surface area contributed by atoms with E-state index in [0.717, 1.165) is 30.0 Å². The van der Waals surface area contributed by atoms with E-state index in [1.165, 1.54) is 0 Å². The predicted octanol–water partition coefficient (Wildman–Crippen LogP) is 1.51. The van der Waals surface area contributed by atoms with Crippen molar-refractivity contribution < 1.29 is 4.74 Å². The normalized spacial score (nSPS) is 20.3. The van der Waals surface area contributed by atoms with Gasteiger partial charge in [0.1, 0.15) is 5.75 Å². The Labute approximate surface area is 77.9 Å². The highest BCUT2D eigenvalue weighted by atomic mass is 16.5. The monoisotopic (exact) mass is 178 g/mol. The second-order valence-electron chi connectivity index (χ2n) is 3.28. The first-order valence-corrected chi connectivity index (χ1v) is 4.48. The van der Waals surface area contributed by atoms with Crippen molar-refractivity contribution in [3.05, 3.63) is 23.8 Å². The van der Waals surface area contributed by atoms with Crippen molar-refractivity contribution >= 4 is 5.69 Å². The summed E-state index contributed by atoms with van der Waals surface area (Å²) in [6.45, 7) is 0.959. The first-order chi connectivity index (χ1) is 6.31. The highest BCUT2D eigenvalue weighted by Gasteiger charge is 2.16. The molecule has 2 rings (SSSR count). The summed E-state index contributed by atoms with van der Waals surface area (Å²) in [5.74, 6) is 0.873. The van der Waals surface area contributed by atoms with Crippen LogP contribution in [0.3, 0.4) is 0 Å². The van der Waals surface area contributed by atoms with Crippen molar-refractivity contribution in [1.82, 2.24) is 0 Å². The first-order valence-electron chi connectivity index (χ1n) is 4.48. The molecule has 1 aliphatic heterocycles. The summed E-state index contributed by atoms with van der Waals surface area (Å²) in [5, 5.41) is 3.31. The number of benzene rings is 1. The van der Waals surface area contributed by atoms with Gasteiger partial charge in [-0.2, -0.15) is 0 Å². The zero-order valence-corrected chi connectivity index (χ0v) is 7.71. The van der Waals surface area contributed by atoms with Gasteiger partial charge in [0, 0.05) is 18.3 Å². The third-order valence-electron chi connectivity index (χ3n) is 2.43. The van der Waals surface area contributed by atoms with Gasteiger partial charge in [-0.25, -0.2) is 0 Å². The molecule has 1 heterocycles. The molecule has 0 amide bonds. The maximum Gasteiger partial charge on any atom is 0.119 e. The molecule has 3 heteroatoms. The zero-order chi connectivity index (χ0) is 9.26. The van der Waals surface area contributed by atoms with Crippen molar-refractivity contribution in [3.8, 4) is 5.75 Å². The molecule has 1 unspecified atom stereocenters. The summed E-state index contributed by atoms with van der Waals surface area (Å²) < 4.78 is 5.15. The minimum Gasteiger partial charge on any atom is -0.497 e. The number of nitrogens with one attached hydrogen (secondary N) is 1. The summed E-state index contributed by atoms with van der Waals surface area (Å²) in [7, 11) is 1.67. The lowest BCUT2D eigenvalue weighted by Crippen LogP contribution is -2.22. The third-order valence-corrected chi connectivity index (χ3v) is 2.43. The molecule has 0 spiro atoms. The molecule has 1 atom stereocenters. The van der Waals surface area contributed by atoms with E-state index in [4.69, 9.17) is 10.5 Å². The molecule has 0 radical (unpaired) electrons. The molecule has 0 aliphatic carbocycles. The Morgan fingerprint density at radius 1 is 1.54 bits per heavy atom. The lowest BCUT2D eigenvalue weighted by Gasteiger charge is -2.24. The molecule has 1 aromatic carbocycles. The van der Waals surface area contributed by atoms with E-state index in [2.05, 4.69) is 5.32 Å². The fourth-order valence-corrected chi connectivity index (χ4v) is 1.65. The predicted molar refractivity (Wildman–Crippen MR) is 53.0 cm³/mol. The smallest absolute Gasteiger partial charge is 0.119 e. The van der Waals surface area contributed by atoms with E-state index in [9.17, 15) is 0 Å². The highest BCUT2D eigenvalue weighted by Crippen LogP contribution is 2.30. The Kier molecular flexibility index (Phi) is 2.10. The van der Waals surface area contributed by atoms with E-state index in [1.54, 1.807) is 7.11 Å². The fourth-order valence-electron chi connectivity index (χ4n) is 1.65. The molecule has 1 aromatic rings. The van der Waals surface area contributed by atoms with E-state index in [0.29, 0.717) is 0 Å². The number of anilines is 1. The average Bonchev–Trinajstić information content (AvgIpc) is 2.18. The quantitative estimate of drug-likeness (QED) is 0.685. The largest absolute Gasteiger partial charge is 0.497 e. The van der Waals surface area contributed by atoms with Crippen LogP contribution in [-0.4, -0.2) is 13.7 Å². The average molecular weight is 178 g/mol. The number of methoxy groups -OCH3 is 1. The van der Waals surface area contributed by atoms with Gasteiger partial charge < -0.3 is 15.8 Å². The fraction of sp³-hybridized carbons (Fsp3) is 0.400. The lowest BCUT2D eigenvalue weighted by molar-refractivity contribution is 0.413. The molecule has 70 valence electrons. The van der Waals surface area contributed by atoms with Crippen molar-refractivity contribution in [3.63, 3.8) is 0 Å². The maximum atomic E-state index is 5.97. The standard InChI is InChI=1S/C10H14N2O/c1-13-7-2-3-10-8(6-7)9(11)4-5-12-10/h2-3,6,9,12H,4-5,11H2,1H3. The van der Waals surface area contributed by atoms with E-state index in [-0.39, 0.29) is 6.04 Å². The number of nitrogens with two attached hydrogens (primary N) is 1. The molecule has 0 bridgehead atoms. The van der Waals surface area contributed by atoms with Gasteiger partial charge in [0.05, 0.1) is 7.11 Å². The summed E-state index contributed by atoms with van der Waals surface area (Å²) in [4.78, 5) is 0. The molecule has 0 aromatic heterocycles. The van der Waals surface area contributed by atoms with Gasteiger partial charge >= 0.3 is 0 Å². The molecular weight excluding hydrogens is 164 g/mol. The summed E-state index contributed by atoms with van der Waals surface area (Å²) in [5.41, 5.74) is 8.27. The molecule has 1 aliphatic rings. The Hall–Kier alpha value is -1.22. The summed E-state index contributed by atoms with van der Waals surface area (Å²) in [6, 6.07) is 6.12. The maximum absolute atomic E-state index is 5.97. The SMILES string of the molecule is COc1ccc2c(c1)C(N)CCN2. The van der Waals surface area contributed by atoms with Gasteiger partial charge in [0.15, 0.2) is 0 Å². The van der Waals surface area contributed by atoms with Crippen molar-refractivity contribution in [2.75, 3.05) is 19.0 Å². The number of rotatable bonds is 1. The number of ether oxygens (including phenoxy) is 1. The number of hydrogen-bond acceptors (Lipinski definition) is 3. The molecule has 13 heavy (non-hydrogen) atoms. The van der Waals surface area contributed by atoms with Crippen LogP contribution in [0.15, 0.2) is 18.2 Å². The van der Waals surface area contributed by atoms with E-state index < -0.39 is 0 Å². The van der Waals surface area contributed by atoms with Crippen LogP contribution in [0.5, 0.6) is 5.75 Å². The minimum absolute atomic E-state index is 0.145. The first kappa shape index (κ1) is 8.38. The topological polar surface area (TPSA) is 47.3 Å². The van der Waals surface area contributed by atoms with Gasteiger partial charge in [-0.1, -0.05) is 0 Å². The van der Waals surface area contributed by atoms with Crippen molar-refractivity contribution in [2.45, 2.75) is 12.5 Å². The van der Waals surface area contributed by atoms with E-state index >= 15 is 0 Å². The minimum atomic E-state index is 0.145. The number of fused-ring (bicyclic) bond motifs is 1. The molecule has 3 nitrogen and oxygen atoms in total. The van der Waals surface area contributed by atoms with Crippen LogP contribution in [-0.2, 0) is 0 Å². The van der Waals surface area contributed by atoms with Crippen LogP contribution in [0.1, 0.15) is 18.0 Å². The van der Waals surface area contributed by atoms with Crippen molar-refractivity contribution in [2.24, 2.45) is 5.73 Å². The Balaban J connectivity index is 2.41. The molecular formula is C10H14N2O. The van der Waals surface area contributed by atoms with Crippen LogP contribution >= 0.6 is 0 Å². The molecule has 3 N–H and O–H groups in total. The van der Waals surface area contributed by atoms with Gasteiger partial charge in [0.2, 0.25) is 0 Å². The van der Waals surface area contributed by atoms with Crippen LogP contribution < -0.4 is 15.8 Å². The molecule has 0 saturated carbocycles. The summed E-state index contributed by atoms with van der Waals surface area (Å²) >= 11 is 0. The van der Waals surface area contributed by atoms with Crippen LogP contribution in [0, 0.1) is 0 Å². The Morgan fingerprint density at radius 2 is 2.38 bits per heavy atom. The summed E-state index contributed by atoms with van der Waals surface area (Å²) in [6.07, 6.45) is 0.986. The highest BCUT2D eigenvalue weighted by molar-refractivity contribution is 5.57. The van der Waals surface area contributed by atoms with Gasteiger partial charge in [0.25, 0.3) is 0 Å². The lowest BCUT2D eigenvalue weighted by atomic mass is 9.99. The van der Waals surface area contributed by atoms with Crippen molar-refractivity contribution in [1.29, 1.82) is 0 Å². The molecule has 0 saturated heterocycles.